The second-order valence-corrected chi connectivity index (χ2v) is 9.82. The van der Waals surface area contributed by atoms with Gasteiger partial charge >= 0.3 is 17.8 Å². The number of urea groups is 1. The lowest BCUT2D eigenvalue weighted by Gasteiger charge is -2.17. The average Bonchev–Trinajstić information content (AvgIpc) is 3.27. The summed E-state index contributed by atoms with van der Waals surface area (Å²) in [6, 6.07) is 8.61. The van der Waals surface area contributed by atoms with Crippen LogP contribution in [0.4, 0.5) is 10.5 Å². The summed E-state index contributed by atoms with van der Waals surface area (Å²) in [6.45, 7) is 1.63. The van der Waals surface area contributed by atoms with E-state index < -0.39 is 40.2 Å². The molecule has 0 saturated carbocycles. The van der Waals surface area contributed by atoms with Crippen molar-refractivity contribution in [1.29, 1.82) is 0 Å². The lowest BCUT2D eigenvalue weighted by atomic mass is 10.2. The van der Waals surface area contributed by atoms with Crippen LogP contribution in [-0.4, -0.2) is 62.9 Å². The standard InChI is InChI=1S/C20H21N3O7S2/c1-3-30-16-7-5-4-6-14(16)23-19(26)18(25)22(20(23)27)12-15(24)17-9-8-13(31-17)10-11-21-32(2,28)29/h4-9,21H,3,10-12H2,1-2H3. The van der Waals surface area contributed by atoms with Crippen LogP contribution in [0.25, 0.3) is 0 Å². The molecule has 32 heavy (non-hydrogen) atoms. The highest BCUT2D eigenvalue weighted by Crippen LogP contribution is 2.32. The molecule has 1 aliphatic heterocycles. The van der Waals surface area contributed by atoms with E-state index in [1.165, 1.54) is 12.1 Å². The molecule has 1 aliphatic rings. The van der Waals surface area contributed by atoms with E-state index >= 15 is 0 Å². The molecule has 2 heterocycles. The van der Waals surface area contributed by atoms with Crippen LogP contribution in [0.1, 0.15) is 21.5 Å². The number of ether oxygens (including phenoxy) is 1. The molecule has 12 heteroatoms. The predicted molar refractivity (Wildman–Crippen MR) is 117 cm³/mol. The largest absolute Gasteiger partial charge is 0.492 e. The number of amides is 4. The molecule has 0 unspecified atom stereocenters. The van der Waals surface area contributed by atoms with Gasteiger partial charge in [0, 0.05) is 11.4 Å². The third-order valence-corrected chi connectivity index (χ3v) is 6.35. The minimum absolute atomic E-state index is 0.129. The van der Waals surface area contributed by atoms with Gasteiger partial charge in [0.05, 0.1) is 30.0 Å². The lowest BCUT2D eigenvalue weighted by Crippen LogP contribution is -2.37. The summed E-state index contributed by atoms with van der Waals surface area (Å²) >= 11 is 1.13. The molecular formula is C20H21N3O7S2. The minimum Gasteiger partial charge on any atom is -0.492 e. The molecule has 1 N–H and O–H groups in total. The van der Waals surface area contributed by atoms with Gasteiger partial charge in [-0.3, -0.25) is 14.4 Å². The summed E-state index contributed by atoms with van der Waals surface area (Å²) < 4.78 is 30.1. The summed E-state index contributed by atoms with van der Waals surface area (Å²) in [5.41, 5.74) is 0.129. The highest BCUT2D eigenvalue weighted by Gasteiger charge is 2.47. The number of para-hydroxylation sites is 2. The predicted octanol–water partition coefficient (Wildman–Crippen LogP) is 1.42. The molecule has 2 aromatic rings. The monoisotopic (exact) mass is 479 g/mol. The van der Waals surface area contributed by atoms with E-state index in [4.69, 9.17) is 4.74 Å². The van der Waals surface area contributed by atoms with Crippen molar-refractivity contribution in [2.75, 3.05) is 30.9 Å². The van der Waals surface area contributed by atoms with Gasteiger partial charge in [-0.05, 0) is 37.6 Å². The zero-order chi connectivity index (χ0) is 23.5. The molecule has 1 saturated heterocycles. The van der Waals surface area contributed by atoms with Gasteiger partial charge in [0.15, 0.2) is 5.78 Å². The quantitative estimate of drug-likeness (QED) is 0.310. The first-order valence-electron chi connectivity index (χ1n) is 9.60. The number of rotatable bonds is 10. The fourth-order valence-electron chi connectivity index (χ4n) is 3.02. The Kier molecular flexibility index (Phi) is 7.06. The fourth-order valence-corrected chi connectivity index (χ4v) is 4.43. The SMILES string of the molecule is CCOc1ccccc1N1C(=O)C(=O)N(CC(=O)c2ccc(CCNS(C)(=O)=O)s2)C1=O. The Morgan fingerprint density at radius 1 is 1.09 bits per heavy atom. The molecule has 170 valence electrons. The Morgan fingerprint density at radius 3 is 2.50 bits per heavy atom. The summed E-state index contributed by atoms with van der Waals surface area (Å²) in [5, 5.41) is 0. The Labute approximate surface area is 188 Å². The number of hydrogen-bond acceptors (Lipinski definition) is 8. The topological polar surface area (TPSA) is 130 Å². The van der Waals surface area contributed by atoms with Gasteiger partial charge in [-0.15, -0.1) is 11.3 Å². The molecule has 1 aromatic carbocycles. The molecule has 3 rings (SSSR count). The molecule has 10 nitrogen and oxygen atoms in total. The highest BCUT2D eigenvalue weighted by molar-refractivity contribution is 7.88. The summed E-state index contributed by atoms with van der Waals surface area (Å²) in [5.74, 6) is -2.40. The van der Waals surface area contributed by atoms with Gasteiger partial charge in [-0.25, -0.2) is 27.7 Å². The van der Waals surface area contributed by atoms with Crippen LogP contribution in [0.2, 0.25) is 0 Å². The fraction of sp³-hybridized carbons (Fsp3) is 0.300. The maximum Gasteiger partial charge on any atom is 0.339 e. The maximum absolute atomic E-state index is 12.8. The van der Waals surface area contributed by atoms with Gasteiger partial charge < -0.3 is 4.74 Å². The Bertz CT molecular complexity index is 1170. The normalized spacial score (nSPS) is 14.4. The van der Waals surface area contributed by atoms with E-state index in [0.717, 1.165) is 22.5 Å². The number of hydrogen-bond donors (Lipinski definition) is 1. The van der Waals surface area contributed by atoms with Gasteiger partial charge in [-0.1, -0.05) is 12.1 Å². The van der Waals surface area contributed by atoms with Crippen LogP contribution in [0.5, 0.6) is 5.75 Å². The third kappa shape index (κ3) is 5.21. The molecule has 0 spiro atoms. The van der Waals surface area contributed by atoms with Crippen molar-refractivity contribution in [2.45, 2.75) is 13.3 Å². The Balaban J connectivity index is 1.72. The van der Waals surface area contributed by atoms with Crippen molar-refractivity contribution in [3.63, 3.8) is 0 Å². The molecule has 0 radical (unpaired) electrons. The first kappa shape index (κ1) is 23.6. The summed E-state index contributed by atoms with van der Waals surface area (Å²) in [6.07, 6.45) is 1.44. The second-order valence-electron chi connectivity index (χ2n) is 6.82. The van der Waals surface area contributed by atoms with Crippen molar-refractivity contribution in [2.24, 2.45) is 0 Å². The van der Waals surface area contributed by atoms with Crippen LogP contribution in [0.3, 0.4) is 0 Å². The second kappa shape index (κ2) is 9.59. The smallest absolute Gasteiger partial charge is 0.339 e. The van der Waals surface area contributed by atoms with Gasteiger partial charge in [0.2, 0.25) is 10.0 Å². The van der Waals surface area contributed by atoms with Crippen LogP contribution >= 0.6 is 11.3 Å². The zero-order valence-corrected chi connectivity index (χ0v) is 19.0. The summed E-state index contributed by atoms with van der Waals surface area (Å²) in [4.78, 5) is 52.8. The molecule has 4 amide bonds. The molecule has 1 aromatic heterocycles. The first-order valence-corrected chi connectivity index (χ1v) is 12.3. The van der Waals surface area contributed by atoms with E-state index in [1.807, 2.05) is 0 Å². The van der Waals surface area contributed by atoms with E-state index in [2.05, 4.69) is 4.72 Å². The molecule has 1 fully saturated rings. The lowest BCUT2D eigenvalue weighted by molar-refractivity contribution is -0.139. The number of benzene rings is 1. The van der Waals surface area contributed by atoms with Crippen molar-refractivity contribution in [1.82, 2.24) is 9.62 Å². The molecular weight excluding hydrogens is 458 g/mol. The third-order valence-electron chi connectivity index (χ3n) is 4.43. The Morgan fingerprint density at radius 2 is 1.81 bits per heavy atom. The maximum atomic E-state index is 12.8. The Hall–Kier alpha value is -3.09. The van der Waals surface area contributed by atoms with Crippen LogP contribution in [0, 0.1) is 0 Å². The van der Waals surface area contributed by atoms with Gasteiger partial charge in [-0.2, -0.15) is 0 Å². The molecule has 0 bridgehead atoms. The van der Waals surface area contributed by atoms with Crippen LogP contribution in [0.15, 0.2) is 36.4 Å². The number of Topliss-reactive ketones (excluding diaryl/α,β-unsaturated/α-hetero) is 1. The van der Waals surface area contributed by atoms with Crippen LogP contribution < -0.4 is 14.4 Å². The number of carbonyl (C=O) groups is 4. The number of anilines is 1. The number of ketones is 1. The van der Waals surface area contributed by atoms with Gasteiger partial charge in [0.1, 0.15) is 5.75 Å². The van der Waals surface area contributed by atoms with Crippen molar-refractivity contribution < 1.29 is 32.3 Å². The summed E-state index contributed by atoms with van der Waals surface area (Å²) in [7, 11) is -3.31. The van der Waals surface area contributed by atoms with E-state index in [9.17, 15) is 27.6 Å². The number of imide groups is 2. The first-order chi connectivity index (χ1) is 15.1. The number of carbonyl (C=O) groups excluding carboxylic acids is 4. The number of thiophene rings is 1. The van der Waals surface area contributed by atoms with Gasteiger partial charge in [0.25, 0.3) is 0 Å². The van der Waals surface area contributed by atoms with E-state index in [1.54, 1.807) is 31.2 Å². The van der Waals surface area contributed by atoms with Crippen molar-refractivity contribution in [3.8, 4) is 5.75 Å². The van der Waals surface area contributed by atoms with E-state index in [-0.39, 0.29) is 18.0 Å². The van der Waals surface area contributed by atoms with Crippen molar-refractivity contribution >= 4 is 50.7 Å². The minimum atomic E-state index is -3.31. The van der Waals surface area contributed by atoms with Crippen LogP contribution in [-0.2, 0) is 26.0 Å². The highest BCUT2D eigenvalue weighted by atomic mass is 32.2. The number of nitrogens with one attached hydrogen (secondary N) is 1. The average molecular weight is 480 g/mol. The molecule has 0 atom stereocenters. The zero-order valence-electron chi connectivity index (χ0n) is 17.4. The van der Waals surface area contributed by atoms with E-state index in [0.29, 0.717) is 27.7 Å². The van der Waals surface area contributed by atoms with Crippen molar-refractivity contribution in [3.05, 3.63) is 46.2 Å². The number of sulfonamides is 1. The molecule has 0 aliphatic carbocycles. The number of nitrogens with zero attached hydrogens (tertiary/aromatic N) is 2.